The summed E-state index contributed by atoms with van der Waals surface area (Å²) in [4.78, 5) is 173. The molecule has 3 saturated heterocycles. The topological polar surface area (TPSA) is 503 Å². The second-order valence-electron chi connectivity index (χ2n) is 35.0. The van der Waals surface area contributed by atoms with Crippen molar-refractivity contribution in [1.29, 1.82) is 0 Å². The Balaban J connectivity index is 0.000000135. The molecule has 760 valence electrons. The predicted molar refractivity (Wildman–Crippen MR) is 553 cm³/mol. The monoisotopic (exact) mass is 2000 g/mol. The van der Waals surface area contributed by atoms with Crippen LogP contribution in [0.3, 0.4) is 0 Å². The van der Waals surface area contributed by atoms with Crippen molar-refractivity contribution in [2.45, 2.75) is 74.6 Å². The normalized spacial score (nSPS) is 13.5. The van der Waals surface area contributed by atoms with Crippen molar-refractivity contribution in [3.8, 4) is 89.9 Å². The number of benzene rings is 4. The van der Waals surface area contributed by atoms with E-state index in [2.05, 4.69) is 148 Å². The lowest BCUT2D eigenvalue weighted by molar-refractivity contribution is -0.136. The number of fused-ring (bicyclic) bond motifs is 4. The third-order valence-corrected chi connectivity index (χ3v) is 24.5. The molecule has 0 saturated carbocycles. The van der Waals surface area contributed by atoms with Crippen LogP contribution in [0.25, 0.3) is 134 Å². The number of ether oxygens (including phenoxy) is 5. The fourth-order valence-electron chi connectivity index (χ4n) is 16.9. The number of carbonyl (C=O) groups excluding carboxylic acids is 6. The lowest BCUT2D eigenvalue weighted by atomic mass is 10.0. The molecule has 44 heteroatoms. The molecule has 8 N–H and O–H groups in total. The van der Waals surface area contributed by atoms with Crippen molar-refractivity contribution in [1.82, 2.24) is 139 Å². The van der Waals surface area contributed by atoms with E-state index in [4.69, 9.17) is 33.7 Å². The Morgan fingerprint density at radius 1 is 0.399 bits per heavy atom. The number of piperazine rings is 3. The van der Waals surface area contributed by atoms with Gasteiger partial charge in [0.15, 0.2) is 17.5 Å². The van der Waals surface area contributed by atoms with E-state index in [-0.39, 0.29) is 67.7 Å². The van der Waals surface area contributed by atoms with E-state index in [0.29, 0.717) is 99.7 Å². The third kappa shape index (κ3) is 25.9. The van der Waals surface area contributed by atoms with Crippen LogP contribution in [0.15, 0.2) is 202 Å². The Labute approximate surface area is 849 Å². The summed E-state index contributed by atoms with van der Waals surface area (Å²) < 4.78 is 41.8. The van der Waals surface area contributed by atoms with Gasteiger partial charge in [-0.1, -0.05) is 32.0 Å². The van der Waals surface area contributed by atoms with Crippen LogP contribution >= 0.6 is 0 Å². The number of anilines is 4. The number of methoxy groups -OCH3 is 1. The van der Waals surface area contributed by atoms with E-state index in [1.807, 2.05) is 123 Å². The molecule has 148 heavy (non-hydrogen) atoms. The van der Waals surface area contributed by atoms with Gasteiger partial charge in [-0.3, -0.25) is 70.4 Å². The molecule has 6 amide bonds. The summed E-state index contributed by atoms with van der Waals surface area (Å²) in [6.07, 6.45) is 21.9. The summed E-state index contributed by atoms with van der Waals surface area (Å²) in [5, 5.41) is 10.4. The van der Waals surface area contributed by atoms with Crippen molar-refractivity contribution in [2.24, 2.45) is 5.92 Å². The van der Waals surface area contributed by atoms with Gasteiger partial charge in [-0.05, 0) is 154 Å². The second-order valence-corrected chi connectivity index (χ2v) is 35.0. The summed E-state index contributed by atoms with van der Waals surface area (Å²) >= 11 is 0. The number of nitrogens with one attached hydrogen (secondary N) is 8. The minimum Gasteiger partial charge on any atom is -0.450 e. The van der Waals surface area contributed by atoms with E-state index in [0.717, 1.165) is 175 Å². The number of aryl methyl sites for hydroxylation is 1. The summed E-state index contributed by atoms with van der Waals surface area (Å²) in [5.41, 5.74) is 17.8. The average molecular weight is 2000 g/mol. The Hall–Kier alpha value is -17.4. The van der Waals surface area contributed by atoms with Gasteiger partial charge < -0.3 is 58.0 Å². The number of carbonyl (C=O) groups is 6. The number of hydrogen-bond donors (Lipinski definition) is 8. The molecule has 3 aliphatic rings. The summed E-state index contributed by atoms with van der Waals surface area (Å²) in [6, 6.07) is 35.7. The van der Waals surface area contributed by atoms with Gasteiger partial charge in [0.05, 0.1) is 85.3 Å². The second kappa shape index (κ2) is 48.4. The minimum atomic E-state index is -0.644. The highest BCUT2D eigenvalue weighted by Gasteiger charge is 2.28. The van der Waals surface area contributed by atoms with E-state index >= 15 is 0 Å². The molecule has 3 aliphatic heterocycles. The summed E-state index contributed by atoms with van der Waals surface area (Å²) in [6.45, 7) is 27.3. The zero-order valence-corrected chi connectivity index (χ0v) is 83.1. The average Bonchev–Trinajstić information content (AvgIpc) is 1.64. The molecular formula is C104H111FN32O11. The number of nitrogens with zero attached hydrogens (tertiary/aromatic N) is 24. The number of halogens is 1. The third-order valence-electron chi connectivity index (χ3n) is 24.5. The first-order valence-electron chi connectivity index (χ1n) is 48.4. The molecule has 0 unspecified atom stereocenters. The fraction of sp³-hybridized carbons (Fsp3) is 0.298. The van der Waals surface area contributed by atoms with E-state index in [1.54, 1.807) is 126 Å². The number of rotatable bonds is 28. The molecule has 0 atom stereocenters. The van der Waals surface area contributed by atoms with Gasteiger partial charge in [-0.2, -0.15) is 0 Å². The van der Waals surface area contributed by atoms with E-state index in [9.17, 15) is 33.2 Å². The van der Waals surface area contributed by atoms with Crippen molar-refractivity contribution in [2.75, 3.05) is 147 Å². The molecule has 17 aromatic rings. The fourth-order valence-corrected chi connectivity index (χ4v) is 16.9. The van der Waals surface area contributed by atoms with Gasteiger partial charge in [0.1, 0.15) is 45.2 Å². The van der Waals surface area contributed by atoms with Crippen LogP contribution in [0, 0.1) is 18.7 Å². The lowest BCUT2D eigenvalue weighted by Gasteiger charge is -2.35. The molecular weight excluding hydrogens is 1890 g/mol. The van der Waals surface area contributed by atoms with Crippen LogP contribution in [0.2, 0.25) is 0 Å². The first kappa shape index (κ1) is 102. The highest BCUT2D eigenvalue weighted by molar-refractivity contribution is 6.01. The quantitative estimate of drug-likeness (QED) is 0.0211. The standard InChI is InChI=1S/C28H32N8O3.C27H32N8O3.C26H26FN7O3.C23H21N9O2/c1-4-39-28(38)34-27-32-23-15-20(14-22(24(23)33-27)25-29-8-5-9-30-25)19-6-7-21(31-16-19)17-35-10-12-36(13-11-35)26(37)18(2)3;1-3-38-27(36)33-26-31-23-16-20(15-22(24(23)32-26)25-28-7-4-8-29-25)19-5-6-21(30-17-19)18-35-11-9-34(10-12-35)13-14-37-2;1-3-37-26(36)32-25-30-21-12-17(11-19(24(21)31-25)23-20(27)5-4-8-28-23)16-6-7-18(29-13-16)14-34-10-9-33(2)22(35)15-34;1-3-34-23(33)31-22-29-18-10-15(9-17(20(18)30-22)21-25-5-4-6-26-21)16-11-27-19(28-12-16)13-32-8-7-24-14(32)2/h5-9,14-16,18H,4,10-13,17H2,1-3H3,(H2,32,33,34,38);4-8,15-17H,3,9-14,18H2,1-2H3,(H2,31,32,33,36);4-8,11-13H,3,9-10,14-15H2,1-2H3,(H2,30,31,32,36);4-12H,3,13H2,1-2H3,(H2,29,30,31,33). The van der Waals surface area contributed by atoms with Gasteiger partial charge in [0, 0.05) is 243 Å². The van der Waals surface area contributed by atoms with Crippen LogP contribution in [-0.2, 0) is 59.5 Å². The van der Waals surface area contributed by atoms with Crippen LogP contribution in [-0.4, -0.2) is 301 Å². The molecule has 13 aromatic heterocycles. The first-order chi connectivity index (χ1) is 72.0. The molecule has 16 heterocycles. The van der Waals surface area contributed by atoms with Gasteiger partial charge in [-0.15, -0.1) is 0 Å². The smallest absolute Gasteiger partial charge is 0.413 e. The van der Waals surface area contributed by atoms with Gasteiger partial charge in [0.2, 0.25) is 35.6 Å². The number of H-pyrrole nitrogens is 4. The highest BCUT2D eigenvalue weighted by atomic mass is 19.1. The largest absolute Gasteiger partial charge is 0.450 e. The number of pyridine rings is 4. The van der Waals surface area contributed by atoms with Crippen molar-refractivity contribution < 1.29 is 56.8 Å². The number of hydrogen-bond acceptors (Lipinski definition) is 32. The maximum absolute atomic E-state index is 14.7. The SMILES string of the molecule is CCOC(=O)Nc1nc2c(-c3ncccc3F)cc(-c3ccc(CN4CCN(C)C(=O)C4)nc3)cc2[nH]1.CCOC(=O)Nc1nc2c(-c3ncccn3)cc(-c3ccc(CN4CCN(C(=O)C(C)C)CC4)nc3)cc2[nH]1.CCOC(=O)Nc1nc2c(-c3ncccn3)cc(-c3ccc(CN4CCN(CCOC)CC4)nc3)cc2[nH]1.CCOC(=O)Nc1nc2c(-c3ncccn3)cc(-c3cnc(Cn4ccnc4C)nc3)cc2[nH]1. The zero-order chi connectivity index (χ0) is 103. The van der Waals surface area contributed by atoms with Crippen LogP contribution in [0.5, 0.6) is 0 Å². The minimum absolute atomic E-state index is 0.0288. The molecule has 0 aliphatic carbocycles. The number of amides is 6. The van der Waals surface area contributed by atoms with Crippen molar-refractivity contribution in [3.63, 3.8) is 0 Å². The first-order valence-corrected chi connectivity index (χ1v) is 48.4. The lowest BCUT2D eigenvalue weighted by Crippen LogP contribution is -2.49. The molecule has 20 rings (SSSR count). The molecule has 0 spiro atoms. The van der Waals surface area contributed by atoms with Gasteiger partial charge in [0.25, 0.3) is 0 Å². The van der Waals surface area contributed by atoms with Crippen LogP contribution in [0.1, 0.15) is 70.3 Å². The maximum atomic E-state index is 14.7. The molecule has 0 bridgehead atoms. The Kier molecular flexibility index (Phi) is 33.4. The maximum Gasteiger partial charge on any atom is 0.413 e. The number of imidazole rings is 5. The summed E-state index contributed by atoms with van der Waals surface area (Å²) in [7, 11) is 3.56. The number of aromatic amines is 4. The molecule has 4 aromatic carbocycles. The van der Waals surface area contributed by atoms with Crippen LogP contribution < -0.4 is 21.3 Å². The van der Waals surface area contributed by atoms with Crippen molar-refractivity contribution in [3.05, 3.63) is 237 Å². The summed E-state index contributed by atoms with van der Waals surface area (Å²) in [5.74, 6) is 4.04. The Morgan fingerprint density at radius 2 is 0.764 bits per heavy atom. The number of aromatic nitrogens is 22. The van der Waals surface area contributed by atoms with Crippen LogP contribution in [0.4, 0.5) is 47.4 Å². The van der Waals surface area contributed by atoms with Crippen molar-refractivity contribution >= 4 is 104 Å². The molecule has 0 radical (unpaired) electrons. The Morgan fingerprint density at radius 3 is 1.13 bits per heavy atom. The predicted octanol–water partition coefficient (Wildman–Crippen LogP) is 14.6. The molecule has 3 fully saturated rings. The van der Waals surface area contributed by atoms with Gasteiger partial charge in [-0.25, -0.2) is 88.4 Å². The van der Waals surface area contributed by atoms with E-state index < -0.39 is 30.2 Å². The van der Waals surface area contributed by atoms with Gasteiger partial charge >= 0.3 is 24.4 Å². The zero-order valence-electron chi connectivity index (χ0n) is 83.1. The molecule has 43 nitrogen and oxygen atoms in total. The number of likely N-dealkylation sites (N-methyl/N-ethyl adjacent to an activating group) is 1. The highest BCUT2D eigenvalue weighted by Crippen LogP contribution is 2.39. The van der Waals surface area contributed by atoms with E-state index in [1.165, 1.54) is 18.3 Å². The Bertz CT molecular complexity index is 7450.